The third-order valence-electron chi connectivity index (χ3n) is 35.1. The second-order valence-corrected chi connectivity index (χ2v) is 45.1. The van der Waals surface area contributed by atoms with Gasteiger partial charge < -0.3 is 0 Å². The zero-order valence-corrected chi connectivity index (χ0v) is 67.3. The van der Waals surface area contributed by atoms with E-state index < -0.39 is 0 Å². The van der Waals surface area contributed by atoms with Crippen molar-refractivity contribution in [3.63, 3.8) is 0 Å². The van der Waals surface area contributed by atoms with Crippen molar-refractivity contribution < 1.29 is 0 Å². The molecule has 0 nitrogen and oxygen atoms in total. The van der Waals surface area contributed by atoms with Crippen molar-refractivity contribution in [2.24, 2.45) is 210 Å². The third-order valence-corrected chi connectivity index (χ3v) is 35.1. The van der Waals surface area contributed by atoms with E-state index in [1.807, 2.05) is 27.7 Å². The molecule has 98 heavy (non-hydrogen) atoms. The number of hydrogen-bond donors (Lipinski definition) is 0. The lowest BCUT2D eigenvalue weighted by atomic mass is 9.46. The van der Waals surface area contributed by atoms with E-state index in [9.17, 15) is 0 Å². The van der Waals surface area contributed by atoms with Crippen LogP contribution in [0.2, 0.25) is 0 Å². The van der Waals surface area contributed by atoms with Crippen molar-refractivity contribution in [1.82, 2.24) is 0 Å². The molecule has 21 saturated carbocycles. The van der Waals surface area contributed by atoms with Gasteiger partial charge in [0, 0.05) is 0 Å². The van der Waals surface area contributed by atoms with Crippen molar-refractivity contribution in [3.8, 4) is 0 Å². The Morgan fingerprint density at radius 3 is 1.03 bits per heavy atom. The normalized spacial score (nSPS) is 44.8. The number of fused-ring (bicyclic) bond motifs is 21. The van der Waals surface area contributed by atoms with Gasteiger partial charge in [0.1, 0.15) is 0 Å². The second-order valence-electron chi connectivity index (χ2n) is 45.1. The highest BCUT2D eigenvalue weighted by atomic mass is 14.7. The minimum absolute atomic E-state index is 0. The van der Waals surface area contributed by atoms with Crippen LogP contribution in [0.1, 0.15) is 415 Å². The van der Waals surface area contributed by atoms with E-state index in [0.717, 1.165) is 153 Å². The molecule has 21 fully saturated rings. The summed E-state index contributed by atoms with van der Waals surface area (Å²) in [6.07, 6.45) is 52.9. The molecule has 0 N–H and O–H groups in total. The third kappa shape index (κ3) is 17.7. The van der Waals surface area contributed by atoms with Gasteiger partial charge >= 0.3 is 0 Å². The predicted molar refractivity (Wildman–Crippen MR) is 439 cm³/mol. The van der Waals surface area contributed by atoms with Crippen molar-refractivity contribution in [3.05, 3.63) is 0 Å². The maximum Gasteiger partial charge on any atom is -0.0295 e. The minimum Gasteiger partial charge on any atom is -0.0776 e. The van der Waals surface area contributed by atoms with Gasteiger partial charge in [0.05, 0.1) is 0 Å². The first-order chi connectivity index (χ1) is 43.7. The maximum absolute atomic E-state index is 2.53. The Morgan fingerprint density at radius 1 is 0.224 bits per heavy atom. The molecule has 0 heteroatoms. The molecule has 0 aromatic carbocycles. The van der Waals surface area contributed by atoms with E-state index in [4.69, 9.17) is 0 Å². The van der Waals surface area contributed by atoms with Crippen molar-refractivity contribution in [1.29, 1.82) is 0 Å². The van der Waals surface area contributed by atoms with E-state index in [2.05, 4.69) is 132 Å². The summed E-state index contributed by atoms with van der Waals surface area (Å²) in [5.74, 6) is 32.5. The van der Waals surface area contributed by atoms with E-state index in [1.54, 1.807) is 154 Å². The van der Waals surface area contributed by atoms with Crippen LogP contribution < -0.4 is 0 Å². The smallest absolute Gasteiger partial charge is 0.0295 e. The molecule has 24 atom stereocenters. The summed E-state index contributed by atoms with van der Waals surface area (Å²) in [5, 5.41) is 0. The highest BCUT2D eigenvalue weighted by Crippen LogP contribution is 2.72. The number of hydrogen-bond acceptors (Lipinski definition) is 0. The molecule has 21 aliphatic rings. The largest absolute Gasteiger partial charge is 0.0776 e. The quantitative estimate of drug-likeness (QED) is 0.212. The first-order valence-electron chi connectivity index (χ1n) is 43.7. The molecule has 0 heterocycles. The van der Waals surface area contributed by atoms with Gasteiger partial charge in [0.15, 0.2) is 0 Å². The zero-order valence-electron chi connectivity index (χ0n) is 67.3. The molecule has 0 aliphatic heterocycles. The fraction of sp³-hybridized carbons (Fsp3) is 1.00. The monoisotopic (exact) mass is 1360 g/mol. The molecular weight excluding hydrogens is 1180 g/mol. The topological polar surface area (TPSA) is 0 Å². The maximum atomic E-state index is 2.53. The van der Waals surface area contributed by atoms with Gasteiger partial charge in [-0.15, -0.1) is 0 Å². The molecular formula is C98H186. The van der Waals surface area contributed by atoms with Crippen LogP contribution in [0.5, 0.6) is 0 Å². The summed E-state index contributed by atoms with van der Waals surface area (Å²) in [7, 11) is 0. The average Bonchev–Trinajstić information content (AvgIpc) is 1.33. The first kappa shape index (κ1) is 86.9. The molecule has 18 bridgehead atoms. The first-order valence-corrected chi connectivity index (χ1v) is 43.7. The average molecular weight is 1360 g/mol. The highest BCUT2D eigenvalue weighted by Gasteiger charge is 2.64. The van der Waals surface area contributed by atoms with Crippen LogP contribution in [-0.4, -0.2) is 0 Å². The molecule has 21 aliphatic carbocycles. The van der Waals surface area contributed by atoms with Gasteiger partial charge in [0.2, 0.25) is 0 Å². The SMILES string of the molecule is C.C.C.C.C.CC.CC.CC(C)(C)C1CC2CC1C1C3CCC(C3)C21.CC(C)(C)C1CC2CC1C1CCCC21.CC(C)(C)C1CC2CC1C1CCCCC21.CC(C)(C)C1CC2CCC1C2.CC(C)(C)C1CCCCC1.CC1(C)C2CC3CC(C2)C1C3.CC1(C)C2CC3CC(C2)CC1C3. The van der Waals surface area contributed by atoms with Crippen molar-refractivity contribution in [2.75, 3.05) is 0 Å². The molecule has 0 aromatic heterocycles. The Morgan fingerprint density at radius 2 is 0.612 bits per heavy atom. The summed E-state index contributed by atoms with van der Waals surface area (Å²) in [4.78, 5) is 0. The summed E-state index contributed by atoms with van der Waals surface area (Å²) < 4.78 is 0. The lowest BCUT2D eigenvalue weighted by Gasteiger charge is -2.59. The van der Waals surface area contributed by atoms with Crippen LogP contribution >= 0.6 is 0 Å². The van der Waals surface area contributed by atoms with Crippen LogP contribution in [0.25, 0.3) is 0 Å². The van der Waals surface area contributed by atoms with Crippen LogP contribution in [0.15, 0.2) is 0 Å². The fourth-order valence-electron chi connectivity index (χ4n) is 30.9. The Hall–Kier alpha value is 0. The molecule has 578 valence electrons. The van der Waals surface area contributed by atoms with Gasteiger partial charge in [-0.1, -0.05) is 241 Å². The molecule has 24 unspecified atom stereocenters. The molecule has 0 spiro atoms. The predicted octanol–water partition coefficient (Wildman–Crippen LogP) is 31.8. The molecule has 21 rings (SSSR count). The molecule has 0 aromatic rings. The van der Waals surface area contributed by atoms with Crippen molar-refractivity contribution in [2.45, 2.75) is 415 Å². The molecule has 0 saturated heterocycles. The zero-order chi connectivity index (χ0) is 67.3. The van der Waals surface area contributed by atoms with Crippen LogP contribution in [0, 0.1) is 210 Å². The lowest BCUT2D eigenvalue weighted by molar-refractivity contribution is -0.0876. The van der Waals surface area contributed by atoms with Gasteiger partial charge in [-0.25, -0.2) is 0 Å². The molecule has 0 amide bonds. The lowest BCUT2D eigenvalue weighted by Crippen LogP contribution is -2.49. The fourth-order valence-corrected chi connectivity index (χ4v) is 30.9. The summed E-state index contributed by atoms with van der Waals surface area (Å²) in [6.45, 7) is 54.7. The summed E-state index contributed by atoms with van der Waals surface area (Å²) >= 11 is 0. The molecule has 0 radical (unpaired) electrons. The van der Waals surface area contributed by atoms with E-state index >= 15 is 0 Å². The number of rotatable bonds is 0. The summed E-state index contributed by atoms with van der Waals surface area (Å²) in [5.41, 5.74) is 4.30. The van der Waals surface area contributed by atoms with Crippen LogP contribution in [0.4, 0.5) is 0 Å². The summed E-state index contributed by atoms with van der Waals surface area (Å²) in [6, 6.07) is 0. The minimum atomic E-state index is 0. The Kier molecular flexibility index (Phi) is 29.8. The Labute approximate surface area is 620 Å². The Bertz CT molecular complexity index is 2300. The van der Waals surface area contributed by atoms with Gasteiger partial charge in [-0.2, -0.15) is 0 Å². The van der Waals surface area contributed by atoms with E-state index in [0.29, 0.717) is 32.5 Å². The van der Waals surface area contributed by atoms with Gasteiger partial charge in [-0.3, -0.25) is 0 Å². The van der Waals surface area contributed by atoms with E-state index in [-0.39, 0.29) is 37.1 Å². The highest BCUT2D eigenvalue weighted by molar-refractivity contribution is 5.13. The van der Waals surface area contributed by atoms with Crippen LogP contribution in [-0.2, 0) is 0 Å². The van der Waals surface area contributed by atoms with Crippen LogP contribution in [0.3, 0.4) is 0 Å². The standard InChI is InChI=1S/C16H26.C15H26.C14H24.C12H20.C11H18.C11H20.C10H20.2C2H6.5CH4/c1-16(2,3)13-8-11-7-12(13)15-10-5-4-9(6-10)14(11)15;1-15(2,3)14-9-10-8-13(14)12-7-5-4-6-11(10)12;1-14(2,3)13-8-9-7-12(13)11-6-4-5-10(9)11;1-12(2)10-4-8-3-9(6-10)7-11(12)5-8;1-11(2)9-4-7-3-8(6-9)10(11)5-7;1-11(2,3)10-7-8-4-5-9(10)6-8;1-10(2,3)9-7-5-4-6-8-9;2*1-2;;;;;/h9-15H,4-8H2,1-3H3;10-14H,4-9H2,1-3H3;9-13H,4-8H2,1-3H3;8-11H,3-7H2,1-2H3;7-10H,3-6H2,1-2H3;8-10H,4-7H2,1-3H3;9H,4-8H2,1-3H3;2*1-2H3;5*1H4. The van der Waals surface area contributed by atoms with E-state index in [1.165, 1.54) is 87.9 Å². The van der Waals surface area contributed by atoms with Gasteiger partial charge in [-0.05, 0) is 383 Å². The van der Waals surface area contributed by atoms with Gasteiger partial charge in [0.25, 0.3) is 0 Å². The van der Waals surface area contributed by atoms with Crippen molar-refractivity contribution >= 4 is 0 Å². The second kappa shape index (κ2) is 33.6. The Balaban J connectivity index is 0.000000178.